The predicted molar refractivity (Wildman–Crippen MR) is 100 cm³/mol. The van der Waals surface area contributed by atoms with Gasteiger partial charge in [0.25, 0.3) is 0 Å². The molecule has 0 heterocycles. The van der Waals surface area contributed by atoms with Gasteiger partial charge < -0.3 is 10.6 Å². The van der Waals surface area contributed by atoms with Gasteiger partial charge in [-0.2, -0.15) is 0 Å². The number of carbonyl (C=O) groups is 1. The molecule has 0 bridgehead atoms. The maximum atomic E-state index is 13.7. The third kappa shape index (κ3) is 4.20. The first-order valence-electron chi connectivity index (χ1n) is 8.31. The van der Waals surface area contributed by atoms with Crippen molar-refractivity contribution in [2.75, 3.05) is 10.6 Å². The summed E-state index contributed by atoms with van der Waals surface area (Å²) in [6, 6.07) is 12.2. The Bertz CT molecular complexity index is 832. The van der Waals surface area contributed by atoms with E-state index in [9.17, 15) is 9.18 Å². The van der Waals surface area contributed by atoms with Crippen LogP contribution >= 0.6 is 11.6 Å². The minimum atomic E-state index is -0.233. The SMILES string of the molecule is CC1=C(Nc2cc(NCc3ccccc3F)ccc2Cl)CCCC1=O. The van der Waals surface area contributed by atoms with Gasteiger partial charge in [-0.25, -0.2) is 4.39 Å². The molecule has 0 radical (unpaired) electrons. The van der Waals surface area contributed by atoms with Crippen molar-refractivity contribution >= 4 is 28.8 Å². The fraction of sp³-hybridized carbons (Fsp3) is 0.250. The monoisotopic (exact) mass is 358 g/mol. The molecule has 0 saturated carbocycles. The first kappa shape index (κ1) is 17.5. The maximum Gasteiger partial charge on any atom is 0.160 e. The van der Waals surface area contributed by atoms with Gasteiger partial charge in [0.2, 0.25) is 0 Å². The van der Waals surface area contributed by atoms with Gasteiger partial charge in [-0.3, -0.25) is 4.79 Å². The lowest BCUT2D eigenvalue weighted by Gasteiger charge is -2.20. The first-order chi connectivity index (χ1) is 12.0. The summed E-state index contributed by atoms with van der Waals surface area (Å²) in [5, 5.41) is 7.08. The van der Waals surface area contributed by atoms with E-state index in [1.54, 1.807) is 18.2 Å². The van der Waals surface area contributed by atoms with Gasteiger partial charge in [0.15, 0.2) is 5.78 Å². The van der Waals surface area contributed by atoms with Crippen LogP contribution in [0.3, 0.4) is 0 Å². The number of nitrogens with one attached hydrogen (secondary N) is 2. The third-order valence-electron chi connectivity index (χ3n) is 4.39. The Kier molecular flexibility index (Phi) is 5.39. The van der Waals surface area contributed by atoms with Crippen LogP contribution in [0, 0.1) is 5.82 Å². The minimum absolute atomic E-state index is 0.179. The molecule has 2 aromatic rings. The average Bonchev–Trinajstić information content (AvgIpc) is 2.60. The fourth-order valence-electron chi connectivity index (χ4n) is 2.86. The minimum Gasteiger partial charge on any atom is -0.381 e. The Morgan fingerprint density at radius 2 is 1.96 bits per heavy atom. The molecule has 1 aliphatic carbocycles. The summed E-state index contributed by atoms with van der Waals surface area (Å²) in [5.41, 5.74) is 3.86. The molecule has 0 fully saturated rings. The van der Waals surface area contributed by atoms with Crippen LogP contribution in [0.1, 0.15) is 31.7 Å². The summed E-state index contributed by atoms with van der Waals surface area (Å²) in [6.45, 7) is 2.23. The number of carbonyl (C=O) groups excluding carboxylic acids is 1. The van der Waals surface area contributed by atoms with Crippen LogP contribution in [-0.2, 0) is 11.3 Å². The number of allylic oxidation sites excluding steroid dienone is 2. The number of benzene rings is 2. The molecule has 3 nitrogen and oxygen atoms in total. The van der Waals surface area contributed by atoms with Crippen molar-refractivity contribution in [1.82, 2.24) is 0 Å². The lowest BCUT2D eigenvalue weighted by Crippen LogP contribution is -2.14. The average molecular weight is 359 g/mol. The van der Waals surface area contributed by atoms with Gasteiger partial charge in [0.1, 0.15) is 5.82 Å². The molecule has 2 aromatic carbocycles. The molecule has 130 valence electrons. The topological polar surface area (TPSA) is 41.1 Å². The molecule has 0 atom stereocenters. The van der Waals surface area contributed by atoms with Crippen molar-refractivity contribution in [2.24, 2.45) is 0 Å². The Labute approximate surface area is 151 Å². The molecular formula is C20H20ClFN2O. The number of ketones is 1. The molecular weight excluding hydrogens is 339 g/mol. The van der Waals surface area contributed by atoms with Gasteiger partial charge >= 0.3 is 0 Å². The number of halogens is 2. The zero-order valence-electron chi connectivity index (χ0n) is 14.0. The summed E-state index contributed by atoms with van der Waals surface area (Å²) in [4.78, 5) is 11.9. The second-order valence-corrected chi connectivity index (χ2v) is 6.55. The van der Waals surface area contributed by atoms with Crippen molar-refractivity contribution in [3.05, 3.63) is 70.1 Å². The maximum absolute atomic E-state index is 13.7. The number of rotatable bonds is 5. The van der Waals surface area contributed by atoms with Crippen LogP contribution in [0.25, 0.3) is 0 Å². The smallest absolute Gasteiger partial charge is 0.160 e. The molecule has 0 saturated heterocycles. The summed E-state index contributed by atoms with van der Waals surface area (Å²) >= 11 is 6.28. The molecule has 3 rings (SSSR count). The Morgan fingerprint density at radius 1 is 1.16 bits per heavy atom. The second-order valence-electron chi connectivity index (χ2n) is 6.14. The van der Waals surface area contributed by atoms with E-state index in [0.29, 0.717) is 23.6 Å². The predicted octanol–water partition coefficient (Wildman–Crippen LogP) is 5.53. The van der Waals surface area contributed by atoms with E-state index in [0.717, 1.165) is 35.5 Å². The van der Waals surface area contributed by atoms with Crippen molar-refractivity contribution < 1.29 is 9.18 Å². The van der Waals surface area contributed by atoms with Crippen LogP contribution < -0.4 is 10.6 Å². The molecule has 0 unspecified atom stereocenters. The highest BCUT2D eigenvalue weighted by molar-refractivity contribution is 6.33. The number of hydrogen-bond donors (Lipinski definition) is 2. The highest BCUT2D eigenvalue weighted by Crippen LogP contribution is 2.30. The summed E-state index contributed by atoms with van der Waals surface area (Å²) in [6.07, 6.45) is 2.29. The van der Waals surface area contributed by atoms with E-state index in [2.05, 4.69) is 10.6 Å². The van der Waals surface area contributed by atoms with Crippen molar-refractivity contribution in [1.29, 1.82) is 0 Å². The summed E-state index contributed by atoms with van der Waals surface area (Å²) < 4.78 is 13.7. The number of anilines is 2. The molecule has 0 amide bonds. The van der Waals surface area contributed by atoms with E-state index >= 15 is 0 Å². The zero-order chi connectivity index (χ0) is 17.8. The van der Waals surface area contributed by atoms with Gasteiger partial charge in [0, 0.05) is 35.5 Å². The third-order valence-corrected chi connectivity index (χ3v) is 4.72. The molecule has 0 aliphatic heterocycles. The van der Waals surface area contributed by atoms with Crippen LogP contribution in [-0.4, -0.2) is 5.78 Å². The van der Waals surface area contributed by atoms with Crippen LogP contribution in [0.4, 0.5) is 15.8 Å². The molecule has 0 spiro atoms. The van der Waals surface area contributed by atoms with Crippen LogP contribution in [0.2, 0.25) is 5.02 Å². The fourth-order valence-corrected chi connectivity index (χ4v) is 3.02. The lowest BCUT2D eigenvalue weighted by atomic mass is 9.96. The highest BCUT2D eigenvalue weighted by atomic mass is 35.5. The van der Waals surface area contributed by atoms with E-state index in [4.69, 9.17) is 11.6 Å². The summed E-state index contributed by atoms with van der Waals surface area (Å²) in [5.74, 6) is -0.0532. The summed E-state index contributed by atoms with van der Waals surface area (Å²) in [7, 11) is 0. The van der Waals surface area contributed by atoms with Crippen LogP contribution in [0.5, 0.6) is 0 Å². The van der Waals surface area contributed by atoms with Crippen molar-refractivity contribution in [3.8, 4) is 0 Å². The zero-order valence-corrected chi connectivity index (χ0v) is 14.8. The van der Waals surface area contributed by atoms with E-state index in [1.165, 1.54) is 6.07 Å². The Morgan fingerprint density at radius 3 is 2.76 bits per heavy atom. The van der Waals surface area contributed by atoms with Gasteiger partial charge in [-0.15, -0.1) is 0 Å². The van der Waals surface area contributed by atoms with E-state index < -0.39 is 0 Å². The normalized spacial score (nSPS) is 14.6. The molecule has 1 aliphatic rings. The number of Topliss-reactive ketones (excluding diaryl/α,β-unsaturated/α-hetero) is 1. The number of hydrogen-bond acceptors (Lipinski definition) is 3. The van der Waals surface area contributed by atoms with E-state index in [-0.39, 0.29) is 11.6 Å². The molecule has 25 heavy (non-hydrogen) atoms. The first-order valence-corrected chi connectivity index (χ1v) is 8.69. The van der Waals surface area contributed by atoms with Gasteiger partial charge in [-0.1, -0.05) is 29.8 Å². The largest absolute Gasteiger partial charge is 0.381 e. The quantitative estimate of drug-likeness (QED) is 0.738. The van der Waals surface area contributed by atoms with Gasteiger partial charge in [0.05, 0.1) is 10.7 Å². The van der Waals surface area contributed by atoms with E-state index in [1.807, 2.05) is 25.1 Å². The highest BCUT2D eigenvalue weighted by Gasteiger charge is 2.17. The van der Waals surface area contributed by atoms with Crippen molar-refractivity contribution in [3.63, 3.8) is 0 Å². The lowest BCUT2D eigenvalue weighted by molar-refractivity contribution is -0.116. The second kappa shape index (κ2) is 7.70. The molecule has 5 heteroatoms. The Balaban J connectivity index is 1.76. The molecule has 2 N–H and O–H groups in total. The molecule has 0 aromatic heterocycles. The van der Waals surface area contributed by atoms with Crippen LogP contribution in [0.15, 0.2) is 53.7 Å². The standard InChI is InChI=1S/C20H20ClFN2O/c1-13-18(7-4-8-20(13)25)24-19-11-15(9-10-16(19)21)23-12-14-5-2-3-6-17(14)22/h2-3,5-6,9-11,23-24H,4,7-8,12H2,1H3. The van der Waals surface area contributed by atoms with Crippen molar-refractivity contribution in [2.45, 2.75) is 32.7 Å². The Hall–Kier alpha value is -2.33. The van der Waals surface area contributed by atoms with Gasteiger partial charge in [-0.05, 0) is 44.0 Å².